The van der Waals surface area contributed by atoms with Crippen LogP contribution in [0.5, 0.6) is 0 Å². The molecule has 0 aliphatic carbocycles. The molecule has 1 aliphatic rings. The summed E-state index contributed by atoms with van der Waals surface area (Å²) in [5.41, 5.74) is 1.63. The van der Waals surface area contributed by atoms with Gasteiger partial charge < -0.3 is 15.3 Å². The quantitative estimate of drug-likeness (QED) is 0.875. The lowest BCUT2D eigenvalue weighted by molar-refractivity contribution is -0.123. The number of nitrogens with one attached hydrogen (secondary N) is 1. The molecule has 0 bridgehead atoms. The maximum absolute atomic E-state index is 11.8. The lowest BCUT2D eigenvalue weighted by Gasteiger charge is -2.36. The third-order valence-electron chi connectivity index (χ3n) is 3.26. The van der Waals surface area contributed by atoms with Crippen molar-refractivity contribution in [1.29, 1.82) is 0 Å². The first-order valence-corrected chi connectivity index (χ1v) is 6.48. The monoisotopic (exact) mass is 268 g/mol. The van der Waals surface area contributed by atoms with Crippen molar-refractivity contribution in [2.24, 2.45) is 0 Å². The van der Waals surface area contributed by atoms with Gasteiger partial charge in [-0.15, -0.1) is 0 Å². The largest absolute Gasteiger partial charge is 0.392 e. The average Bonchev–Trinajstić information content (AvgIpc) is 2.38. The molecular weight excluding hydrogens is 252 g/mol. The van der Waals surface area contributed by atoms with E-state index in [0.717, 1.165) is 18.7 Å². The van der Waals surface area contributed by atoms with Crippen LogP contribution in [0.1, 0.15) is 18.9 Å². The van der Waals surface area contributed by atoms with Crippen molar-refractivity contribution in [2.75, 3.05) is 18.0 Å². The summed E-state index contributed by atoms with van der Waals surface area (Å²) in [6.07, 6.45) is 0.755. The highest BCUT2D eigenvalue weighted by Crippen LogP contribution is 2.26. The number of halogens is 1. The van der Waals surface area contributed by atoms with Gasteiger partial charge in [-0.1, -0.05) is 24.6 Å². The van der Waals surface area contributed by atoms with Crippen molar-refractivity contribution in [3.8, 4) is 0 Å². The number of nitrogens with zero attached hydrogens (tertiary/aromatic N) is 1. The fraction of sp³-hybridized carbons (Fsp3) is 0.462. The molecule has 1 aliphatic heterocycles. The Morgan fingerprint density at radius 3 is 2.94 bits per heavy atom. The molecule has 0 saturated carbocycles. The standard InChI is InChI=1S/C13H17ClN2O2/c1-2-12-13(18)15-5-6-16(12)10-4-3-9(8-17)11(14)7-10/h3-4,7,12,17H,2,5-6,8H2,1H3,(H,15,18). The maximum Gasteiger partial charge on any atom is 0.242 e. The highest BCUT2D eigenvalue weighted by atomic mass is 35.5. The topological polar surface area (TPSA) is 52.6 Å². The van der Waals surface area contributed by atoms with Crippen LogP contribution in [0.25, 0.3) is 0 Å². The second-order valence-corrected chi connectivity index (χ2v) is 4.75. The molecule has 1 fully saturated rings. The summed E-state index contributed by atoms with van der Waals surface area (Å²) in [4.78, 5) is 13.9. The first-order valence-electron chi connectivity index (χ1n) is 6.11. The summed E-state index contributed by atoms with van der Waals surface area (Å²) in [7, 11) is 0. The summed E-state index contributed by atoms with van der Waals surface area (Å²) < 4.78 is 0. The van der Waals surface area contributed by atoms with E-state index in [4.69, 9.17) is 16.7 Å². The van der Waals surface area contributed by atoms with E-state index in [0.29, 0.717) is 17.1 Å². The predicted molar refractivity (Wildman–Crippen MR) is 71.8 cm³/mol. The van der Waals surface area contributed by atoms with E-state index in [1.54, 1.807) is 6.07 Å². The van der Waals surface area contributed by atoms with Gasteiger partial charge in [0.15, 0.2) is 0 Å². The van der Waals surface area contributed by atoms with Crippen LogP contribution in [0, 0.1) is 0 Å². The minimum atomic E-state index is -0.144. The van der Waals surface area contributed by atoms with Crippen molar-refractivity contribution >= 4 is 23.2 Å². The molecule has 5 heteroatoms. The van der Waals surface area contributed by atoms with Gasteiger partial charge >= 0.3 is 0 Å². The van der Waals surface area contributed by atoms with Gasteiger partial charge in [0.2, 0.25) is 5.91 Å². The van der Waals surface area contributed by atoms with Crippen LogP contribution < -0.4 is 10.2 Å². The third kappa shape index (κ3) is 2.44. The van der Waals surface area contributed by atoms with Crippen molar-refractivity contribution in [1.82, 2.24) is 5.32 Å². The van der Waals surface area contributed by atoms with Crippen molar-refractivity contribution < 1.29 is 9.90 Å². The molecule has 18 heavy (non-hydrogen) atoms. The molecule has 0 spiro atoms. The molecular formula is C13H17ClN2O2. The smallest absolute Gasteiger partial charge is 0.242 e. The van der Waals surface area contributed by atoms with Crippen LogP contribution in [0.3, 0.4) is 0 Å². The Kier molecular flexibility index (Phi) is 4.09. The number of piperazine rings is 1. The number of anilines is 1. The zero-order valence-electron chi connectivity index (χ0n) is 10.3. The Morgan fingerprint density at radius 2 is 2.33 bits per heavy atom. The molecule has 1 atom stereocenters. The summed E-state index contributed by atoms with van der Waals surface area (Å²) >= 11 is 6.09. The van der Waals surface area contributed by atoms with E-state index < -0.39 is 0 Å². The first kappa shape index (κ1) is 13.2. The lowest BCUT2D eigenvalue weighted by atomic mass is 10.1. The molecule has 0 aromatic heterocycles. The van der Waals surface area contributed by atoms with Crippen LogP contribution in [0.15, 0.2) is 18.2 Å². The molecule has 2 N–H and O–H groups in total. The van der Waals surface area contributed by atoms with E-state index >= 15 is 0 Å². The van der Waals surface area contributed by atoms with E-state index in [9.17, 15) is 4.79 Å². The zero-order valence-corrected chi connectivity index (χ0v) is 11.1. The van der Waals surface area contributed by atoms with Crippen LogP contribution >= 0.6 is 11.6 Å². The summed E-state index contributed by atoms with van der Waals surface area (Å²) in [5.74, 6) is 0.0612. The number of benzene rings is 1. The van der Waals surface area contributed by atoms with Gasteiger partial charge in [-0.05, 0) is 24.1 Å². The lowest BCUT2D eigenvalue weighted by Crippen LogP contribution is -2.55. The average molecular weight is 269 g/mol. The van der Waals surface area contributed by atoms with Gasteiger partial charge in [0.25, 0.3) is 0 Å². The number of carbonyl (C=O) groups excluding carboxylic acids is 1. The predicted octanol–water partition coefficient (Wildman–Crippen LogP) is 1.55. The molecule has 1 heterocycles. The third-order valence-corrected chi connectivity index (χ3v) is 3.61. The Bertz CT molecular complexity index is 451. The summed E-state index contributed by atoms with van der Waals surface area (Å²) in [6, 6.07) is 5.37. The van der Waals surface area contributed by atoms with Crippen LogP contribution in [-0.2, 0) is 11.4 Å². The number of aliphatic hydroxyl groups excluding tert-OH is 1. The zero-order chi connectivity index (χ0) is 13.1. The van der Waals surface area contributed by atoms with Crippen LogP contribution in [-0.4, -0.2) is 30.1 Å². The second kappa shape index (κ2) is 5.59. The van der Waals surface area contributed by atoms with E-state index in [-0.39, 0.29) is 18.6 Å². The molecule has 1 aromatic rings. The van der Waals surface area contributed by atoms with Crippen LogP contribution in [0.2, 0.25) is 5.02 Å². The molecule has 4 nitrogen and oxygen atoms in total. The summed E-state index contributed by atoms with van der Waals surface area (Å²) in [5, 5.41) is 12.5. The number of rotatable bonds is 3. The molecule has 1 unspecified atom stereocenters. The number of amides is 1. The highest BCUT2D eigenvalue weighted by molar-refractivity contribution is 6.31. The summed E-state index contributed by atoms with van der Waals surface area (Å²) in [6.45, 7) is 3.34. The minimum Gasteiger partial charge on any atom is -0.392 e. The normalized spacial score (nSPS) is 19.8. The fourth-order valence-electron chi connectivity index (χ4n) is 2.27. The number of carbonyl (C=O) groups is 1. The molecule has 1 amide bonds. The SMILES string of the molecule is CCC1C(=O)NCCN1c1ccc(CO)c(Cl)c1. The van der Waals surface area contributed by atoms with E-state index in [1.807, 2.05) is 19.1 Å². The van der Waals surface area contributed by atoms with E-state index in [2.05, 4.69) is 10.2 Å². The number of aliphatic hydroxyl groups is 1. The van der Waals surface area contributed by atoms with Gasteiger partial charge in [-0.2, -0.15) is 0 Å². The Labute approximate surface area is 112 Å². The highest BCUT2D eigenvalue weighted by Gasteiger charge is 2.28. The van der Waals surface area contributed by atoms with Gasteiger partial charge in [-0.3, -0.25) is 4.79 Å². The van der Waals surface area contributed by atoms with Gasteiger partial charge in [0.05, 0.1) is 6.61 Å². The van der Waals surface area contributed by atoms with Crippen molar-refractivity contribution in [3.63, 3.8) is 0 Å². The molecule has 1 saturated heterocycles. The Balaban J connectivity index is 2.29. The maximum atomic E-state index is 11.8. The minimum absolute atomic E-state index is 0.0612. The second-order valence-electron chi connectivity index (χ2n) is 4.34. The number of hydrogen-bond acceptors (Lipinski definition) is 3. The molecule has 0 radical (unpaired) electrons. The van der Waals surface area contributed by atoms with Crippen molar-refractivity contribution in [3.05, 3.63) is 28.8 Å². The fourth-order valence-corrected chi connectivity index (χ4v) is 2.51. The van der Waals surface area contributed by atoms with Crippen LogP contribution in [0.4, 0.5) is 5.69 Å². The Hall–Kier alpha value is -1.26. The van der Waals surface area contributed by atoms with Gasteiger partial charge in [0, 0.05) is 23.8 Å². The molecule has 2 rings (SSSR count). The number of hydrogen-bond donors (Lipinski definition) is 2. The molecule has 98 valence electrons. The van der Waals surface area contributed by atoms with Crippen molar-refractivity contribution in [2.45, 2.75) is 26.0 Å². The van der Waals surface area contributed by atoms with Gasteiger partial charge in [0.1, 0.15) is 6.04 Å². The van der Waals surface area contributed by atoms with E-state index in [1.165, 1.54) is 0 Å². The van der Waals surface area contributed by atoms with Gasteiger partial charge in [-0.25, -0.2) is 0 Å². The first-order chi connectivity index (χ1) is 8.67. The molecule has 1 aromatic carbocycles. The Morgan fingerprint density at radius 1 is 1.56 bits per heavy atom.